The summed E-state index contributed by atoms with van der Waals surface area (Å²) in [5, 5.41) is 11.9. The summed E-state index contributed by atoms with van der Waals surface area (Å²) in [5.74, 6) is 0.754. The first kappa shape index (κ1) is 9.01. The summed E-state index contributed by atoms with van der Waals surface area (Å²) in [6.07, 6.45) is 2.33. The molecule has 2 N–H and O–H groups in total. The molecule has 0 radical (unpaired) electrons. The minimum atomic E-state index is -0.157. The van der Waals surface area contributed by atoms with Gasteiger partial charge >= 0.3 is 0 Å². The molecule has 2 aromatic rings. The number of rotatable bonds is 2. The molecule has 14 heavy (non-hydrogen) atoms. The van der Waals surface area contributed by atoms with Gasteiger partial charge in [-0.25, -0.2) is 4.98 Å². The third kappa shape index (κ3) is 1.33. The maximum Gasteiger partial charge on any atom is 0.200 e. The van der Waals surface area contributed by atoms with Gasteiger partial charge in [-0.15, -0.1) is 15.3 Å². The molecule has 0 spiro atoms. The van der Waals surface area contributed by atoms with Crippen molar-refractivity contribution >= 4 is 5.65 Å². The summed E-state index contributed by atoms with van der Waals surface area (Å²) >= 11 is 0. The summed E-state index contributed by atoms with van der Waals surface area (Å²) in [5.41, 5.74) is 7.17. The average molecular weight is 192 g/mol. The van der Waals surface area contributed by atoms with Crippen molar-refractivity contribution in [2.24, 2.45) is 5.73 Å². The van der Waals surface area contributed by atoms with Crippen LogP contribution in [0.15, 0.2) is 6.33 Å². The molecule has 0 aromatic carbocycles. The van der Waals surface area contributed by atoms with Crippen LogP contribution in [-0.2, 0) is 6.42 Å². The van der Waals surface area contributed by atoms with Crippen molar-refractivity contribution in [1.82, 2.24) is 24.8 Å². The molecular weight excluding hydrogens is 180 g/mol. The highest BCUT2D eigenvalue weighted by Crippen LogP contribution is 2.11. The molecular formula is C8H12N6. The standard InChI is InChI=1S/C8H12N6/c1-3-6-11-7(5(2)9)8-12-10-4-14(8)13-6/h4-5H,3,9H2,1-2H3/t5-/m0/s1. The van der Waals surface area contributed by atoms with Crippen LogP contribution >= 0.6 is 0 Å². The lowest BCUT2D eigenvalue weighted by Crippen LogP contribution is -2.13. The van der Waals surface area contributed by atoms with Crippen molar-refractivity contribution < 1.29 is 0 Å². The molecule has 0 aliphatic heterocycles. The highest BCUT2D eigenvalue weighted by atomic mass is 15.4. The van der Waals surface area contributed by atoms with E-state index in [-0.39, 0.29) is 6.04 Å². The predicted molar refractivity (Wildman–Crippen MR) is 50.6 cm³/mol. The van der Waals surface area contributed by atoms with Gasteiger partial charge in [0.15, 0.2) is 0 Å². The summed E-state index contributed by atoms with van der Waals surface area (Å²) in [7, 11) is 0. The average Bonchev–Trinajstić information content (AvgIpc) is 2.63. The fourth-order valence-electron chi connectivity index (χ4n) is 1.26. The fraction of sp³-hybridized carbons (Fsp3) is 0.500. The van der Waals surface area contributed by atoms with Crippen LogP contribution in [0.3, 0.4) is 0 Å². The number of nitrogens with zero attached hydrogens (tertiary/aromatic N) is 5. The van der Waals surface area contributed by atoms with E-state index >= 15 is 0 Å². The zero-order valence-corrected chi connectivity index (χ0v) is 8.18. The van der Waals surface area contributed by atoms with Gasteiger partial charge in [0, 0.05) is 12.5 Å². The molecule has 0 aliphatic rings. The zero-order valence-electron chi connectivity index (χ0n) is 8.18. The molecule has 6 heteroatoms. The van der Waals surface area contributed by atoms with Gasteiger partial charge in [-0.3, -0.25) is 0 Å². The van der Waals surface area contributed by atoms with Gasteiger partial charge in [0.2, 0.25) is 5.65 Å². The van der Waals surface area contributed by atoms with Crippen LogP contribution in [0.5, 0.6) is 0 Å². The number of aryl methyl sites for hydroxylation is 1. The van der Waals surface area contributed by atoms with E-state index in [1.54, 1.807) is 10.8 Å². The number of fused-ring (bicyclic) bond motifs is 1. The molecule has 74 valence electrons. The van der Waals surface area contributed by atoms with Crippen molar-refractivity contribution in [3.05, 3.63) is 17.8 Å². The monoisotopic (exact) mass is 192 g/mol. The Labute approximate surface area is 81.2 Å². The highest BCUT2D eigenvalue weighted by Gasteiger charge is 2.11. The molecule has 2 rings (SSSR count). The summed E-state index contributed by atoms with van der Waals surface area (Å²) < 4.78 is 1.62. The summed E-state index contributed by atoms with van der Waals surface area (Å²) in [6.45, 7) is 3.87. The van der Waals surface area contributed by atoms with Gasteiger partial charge in [0.25, 0.3) is 0 Å². The number of hydrogen-bond acceptors (Lipinski definition) is 5. The van der Waals surface area contributed by atoms with E-state index in [0.29, 0.717) is 5.65 Å². The first-order valence-corrected chi connectivity index (χ1v) is 4.54. The van der Waals surface area contributed by atoms with Crippen LogP contribution in [0.25, 0.3) is 5.65 Å². The van der Waals surface area contributed by atoms with E-state index in [4.69, 9.17) is 5.73 Å². The van der Waals surface area contributed by atoms with Gasteiger partial charge in [0.05, 0.1) is 0 Å². The van der Waals surface area contributed by atoms with Gasteiger partial charge in [-0.05, 0) is 6.92 Å². The lowest BCUT2D eigenvalue weighted by Gasteiger charge is -2.06. The highest BCUT2D eigenvalue weighted by molar-refractivity contribution is 5.42. The van der Waals surface area contributed by atoms with E-state index in [9.17, 15) is 0 Å². The van der Waals surface area contributed by atoms with Crippen LogP contribution in [0, 0.1) is 0 Å². The molecule has 0 unspecified atom stereocenters. The van der Waals surface area contributed by atoms with Crippen molar-refractivity contribution in [1.29, 1.82) is 0 Å². The number of aromatic nitrogens is 5. The van der Waals surface area contributed by atoms with E-state index in [2.05, 4.69) is 20.3 Å². The minimum absolute atomic E-state index is 0.157. The Hall–Kier alpha value is -1.56. The third-order valence-electron chi connectivity index (χ3n) is 1.98. The molecule has 6 nitrogen and oxygen atoms in total. The largest absolute Gasteiger partial charge is 0.323 e. The molecule has 0 bridgehead atoms. The Morgan fingerprint density at radius 2 is 2.36 bits per heavy atom. The van der Waals surface area contributed by atoms with E-state index in [1.165, 1.54) is 0 Å². The maximum atomic E-state index is 5.79. The normalized spacial score (nSPS) is 13.4. The Kier molecular flexibility index (Phi) is 2.12. The van der Waals surface area contributed by atoms with Crippen molar-refractivity contribution in [2.75, 3.05) is 0 Å². The Bertz CT molecular complexity index is 446. The first-order chi connectivity index (χ1) is 6.72. The topological polar surface area (TPSA) is 82.0 Å². The van der Waals surface area contributed by atoms with Gasteiger partial charge in [-0.1, -0.05) is 6.92 Å². The second-order valence-corrected chi connectivity index (χ2v) is 3.15. The molecule has 0 fully saturated rings. The molecule has 0 saturated heterocycles. The van der Waals surface area contributed by atoms with Crippen molar-refractivity contribution in [3.63, 3.8) is 0 Å². The van der Waals surface area contributed by atoms with Gasteiger partial charge in [-0.2, -0.15) is 4.52 Å². The molecule has 0 saturated carbocycles. The second kappa shape index (κ2) is 3.30. The molecule has 2 heterocycles. The molecule has 1 atom stereocenters. The first-order valence-electron chi connectivity index (χ1n) is 4.54. The predicted octanol–water partition coefficient (Wildman–Crippen LogP) is 0.101. The van der Waals surface area contributed by atoms with Gasteiger partial charge < -0.3 is 5.73 Å². The van der Waals surface area contributed by atoms with Crippen LogP contribution in [0.2, 0.25) is 0 Å². The summed E-state index contributed by atoms with van der Waals surface area (Å²) in [4.78, 5) is 4.33. The number of nitrogens with two attached hydrogens (primary N) is 1. The minimum Gasteiger partial charge on any atom is -0.323 e. The fourth-order valence-corrected chi connectivity index (χ4v) is 1.26. The van der Waals surface area contributed by atoms with Crippen LogP contribution in [0.4, 0.5) is 0 Å². The zero-order chi connectivity index (χ0) is 10.1. The van der Waals surface area contributed by atoms with Crippen LogP contribution in [-0.4, -0.2) is 24.8 Å². The van der Waals surface area contributed by atoms with Crippen LogP contribution < -0.4 is 5.73 Å². The Balaban J connectivity index is 2.70. The van der Waals surface area contributed by atoms with Crippen molar-refractivity contribution in [3.8, 4) is 0 Å². The van der Waals surface area contributed by atoms with Crippen LogP contribution in [0.1, 0.15) is 31.4 Å². The third-order valence-corrected chi connectivity index (χ3v) is 1.98. The van der Waals surface area contributed by atoms with Gasteiger partial charge in [0.1, 0.15) is 17.8 Å². The lowest BCUT2D eigenvalue weighted by molar-refractivity contribution is 0.719. The second-order valence-electron chi connectivity index (χ2n) is 3.15. The maximum absolute atomic E-state index is 5.79. The summed E-state index contributed by atoms with van der Waals surface area (Å²) in [6, 6.07) is -0.157. The van der Waals surface area contributed by atoms with E-state index in [0.717, 1.165) is 17.9 Å². The molecule has 0 amide bonds. The molecule has 0 aliphatic carbocycles. The van der Waals surface area contributed by atoms with E-state index in [1.807, 2.05) is 13.8 Å². The Morgan fingerprint density at radius 3 is 3.00 bits per heavy atom. The Morgan fingerprint density at radius 1 is 1.57 bits per heavy atom. The van der Waals surface area contributed by atoms with Crippen molar-refractivity contribution in [2.45, 2.75) is 26.3 Å². The lowest BCUT2D eigenvalue weighted by atomic mass is 10.2. The molecule has 2 aromatic heterocycles. The number of hydrogen-bond donors (Lipinski definition) is 1. The van der Waals surface area contributed by atoms with E-state index < -0.39 is 0 Å². The quantitative estimate of drug-likeness (QED) is 0.729. The SMILES string of the molecule is CCc1nc([C@H](C)N)c2nncn2n1. The smallest absolute Gasteiger partial charge is 0.200 e.